The van der Waals surface area contributed by atoms with E-state index in [9.17, 15) is 14.3 Å². The van der Waals surface area contributed by atoms with Crippen LogP contribution in [0.1, 0.15) is 49.2 Å². The average Bonchev–Trinajstić information content (AvgIpc) is 3.11. The van der Waals surface area contributed by atoms with Crippen LogP contribution in [0.15, 0.2) is 42.6 Å². The standard InChI is InChI=1S/C26H28FN7O2/c1-26(2)19-22(33-25(26)36)31-23(32-24(19)34-12-9-16(35)10-13-34)20(28)17-7-5-11-29-21(17)30-14-15-6-3-4-8-18(15)27/h3-8,11,16,28,35H,9-10,12-14H2,1-2H3,(H,29,30)(H,31,32,33,36). The number of anilines is 3. The van der Waals surface area contributed by atoms with Gasteiger partial charge >= 0.3 is 0 Å². The summed E-state index contributed by atoms with van der Waals surface area (Å²) in [5, 5.41) is 24.9. The molecule has 0 spiro atoms. The second kappa shape index (κ2) is 9.27. The maximum absolute atomic E-state index is 14.1. The lowest BCUT2D eigenvalue weighted by atomic mass is 9.86. The van der Waals surface area contributed by atoms with Gasteiger partial charge in [0.15, 0.2) is 5.82 Å². The van der Waals surface area contributed by atoms with Crippen molar-refractivity contribution in [3.05, 3.63) is 70.9 Å². The van der Waals surface area contributed by atoms with Gasteiger partial charge in [-0.05, 0) is 44.9 Å². The Bertz CT molecular complexity index is 1340. The molecular weight excluding hydrogens is 461 g/mol. The third kappa shape index (κ3) is 4.28. The molecule has 36 heavy (non-hydrogen) atoms. The number of piperidine rings is 1. The second-order valence-electron chi connectivity index (χ2n) is 9.61. The first kappa shape index (κ1) is 23.8. The Labute approximate surface area is 208 Å². The highest BCUT2D eigenvalue weighted by Crippen LogP contribution is 2.42. The number of aliphatic hydroxyl groups is 1. The number of aliphatic hydroxyl groups excluding tert-OH is 1. The van der Waals surface area contributed by atoms with Crippen LogP contribution in [0.25, 0.3) is 0 Å². The molecule has 0 radical (unpaired) electrons. The lowest BCUT2D eigenvalue weighted by molar-refractivity contribution is -0.119. The number of nitrogens with one attached hydrogen (secondary N) is 3. The first-order valence-electron chi connectivity index (χ1n) is 11.9. The van der Waals surface area contributed by atoms with E-state index >= 15 is 0 Å². The Morgan fingerprint density at radius 2 is 1.97 bits per heavy atom. The van der Waals surface area contributed by atoms with E-state index in [1.54, 1.807) is 36.5 Å². The summed E-state index contributed by atoms with van der Waals surface area (Å²) in [6, 6.07) is 9.92. The molecule has 1 saturated heterocycles. The Morgan fingerprint density at radius 1 is 1.22 bits per heavy atom. The molecule has 2 aliphatic rings. The number of carbonyl (C=O) groups is 1. The maximum Gasteiger partial charge on any atom is 0.235 e. The van der Waals surface area contributed by atoms with E-state index in [4.69, 9.17) is 10.4 Å². The molecule has 4 N–H and O–H groups in total. The van der Waals surface area contributed by atoms with Gasteiger partial charge in [-0.2, -0.15) is 0 Å². The third-order valence-electron chi connectivity index (χ3n) is 6.78. The molecule has 0 atom stereocenters. The quantitative estimate of drug-likeness (QED) is 0.392. The fourth-order valence-electron chi connectivity index (χ4n) is 4.60. The first-order valence-corrected chi connectivity index (χ1v) is 11.9. The zero-order chi connectivity index (χ0) is 25.4. The summed E-state index contributed by atoms with van der Waals surface area (Å²) in [7, 11) is 0. The van der Waals surface area contributed by atoms with Crippen LogP contribution >= 0.6 is 0 Å². The molecule has 2 aliphatic heterocycles. The Balaban J connectivity index is 1.51. The number of carbonyl (C=O) groups excluding carboxylic acids is 1. The molecule has 0 aliphatic carbocycles. The lowest BCUT2D eigenvalue weighted by Crippen LogP contribution is -2.38. The van der Waals surface area contributed by atoms with Crippen molar-refractivity contribution in [2.45, 2.75) is 44.8 Å². The highest BCUT2D eigenvalue weighted by atomic mass is 19.1. The number of amides is 1. The van der Waals surface area contributed by atoms with Gasteiger partial charge in [0.2, 0.25) is 5.91 Å². The van der Waals surface area contributed by atoms with Crippen LogP contribution in [0, 0.1) is 11.2 Å². The van der Waals surface area contributed by atoms with Crippen molar-refractivity contribution in [3.8, 4) is 0 Å². The summed E-state index contributed by atoms with van der Waals surface area (Å²) in [6.45, 7) is 5.03. The molecule has 1 fully saturated rings. The number of fused-ring (bicyclic) bond motifs is 1. The van der Waals surface area contributed by atoms with Crippen molar-refractivity contribution < 1.29 is 14.3 Å². The van der Waals surface area contributed by atoms with Gasteiger partial charge in [-0.1, -0.05) is 18.2 Å². The zero-order valence-corrected chi connectivity index (χ0v) is 20.2. The summed E-state index contributed by atoms with van der Waals surface area (Å²) in [5.74, 6) is 1.04. The van der Waals surface area contributed by atoms with Crippen LogP contribution in [0.5, 0.6) is 0 Å². The van der Waals surface area contributed by atoms with E-state index in [1.165, 1.54) is 6.07 Å². The molecule has 2 aromatic heterocycles. The Kier molecular flexibility index (Phi) is 6.13. The minimum atomic E-state index is -0.831. The van der Waals surface area contributed by atoms with Gasteiger partial charge in [-0.15, -0.1) is 0 Å². The van der Waals surface area contributed by atoms with E-state index in [0.717, 1.165) is 0 Å². The molecule has 10 heteroatoms. The zero-order valence-electron chi connectivity index (χ0n) is 20.2. The summed E-state index contributed by atoms with van der Waals surface area (Å²) >= 11 is 0. The van der Waals surface area contributed by atoms with Gasteiger partial charge in [-0.25, -0.2) is 19.3 Å². The van der Waals surface area contributed by atoms with Crippen LogP contribution in [-0.4, -0.2) is 50.9 Å². The lowest BCUT2D eigenvalue weighted by Gasteiger charge is -2.33. The van der Waals surface area contributed by atoms with Gasteiger partial charge in [0, 0.05) is 37.0 Å². The summed E-state index contributed by atoms with van der Waals surface area (Å²) in [5.41, 5.74) is 0.831. The van der Waals surface area contributed by atoms with E-state index < -0.39 is 5.41 Å². The second-order valence-corrected chi connectivity index (χ2v) is 9.61. The summed E-state index contributed by atoms with van der Waals surface area (Å²) in [6.07, 6.45) is 2.43. The fraction of sp³-hybridized carbons (Fsp3) is 0.346. The van der Waals surface area contributed by atoms with Crippen LogP contribution in [0.3, 0.4) is 0 Å². The largest absolute Gasteiger partial charge is 0.393 e. The Hall–Kier alpha value is -3.92. The predicted molar refractivity (Wildman–Crippen MR) is 135 cm³/mol. The topological polar surface area (TPSA) is 127 Å². The normalized spacial score (nSPS) is 17.0. The van der Waals surface area contributed by atoms with Gasteiger partial charge in [0.1, 0.15) is 29.0 Å². The maximum atomic E-state index is 14.1. The van der Waals surface area contributed by atoms with Crippen LogP contribution in [-0.2, 0) is 16.8 Å². The monoisotopic (exact) mass is 489 g/mol. The molecule has 5 rings (SSSR count). The number of pyridine rings is 1. The summed E-state index contributed by atoms with van der Waals surface area (Å²) in [4.78, 5) is 28.5. The first-order chi connectivity index (χ1) is 17.3. The summed E-state index contributed by atoms with van der Waals surface area (Å²) < 4.78 is 14.1. The minimum Gasteiger partial charge on any atom is -0.393 e. The molecular formula is C26H28FN7O2. The van der Waals surface area contributed by atoms with Gasteiger partial charge < -0.3 is 20.6 Å². The van der Waals surface area contributed by atoms with E-state index in [-0.39, 0.29) is 35.9 Å². The van der Waals surface area contributed by atoms with Crippen molar-refractivity contribution in [3.63, 3.8) is 0 Å². The highest BCUT2D eigenvalue weighted by Gasteiger charge is 2.44. The number of aromatic nitrogens is 3. The van der Waals surface area contributed by atoms with E-state index in [1.807, 2.05) is 18.7 Å². The molecule has 0 unspecified atom stereocenters. The average molecular weight is 490 g/mol. The molecule has 0 bridgehead atoms. The number of rotatable bonds is 6. The van der Waals surface area contributed by atoms with Crippen molar-refractivity contribution >= 4 is 29.1 Å². The minimum absolute atomic E-state index is 0.0270. The van der Waals surface area contributed by atoms with Crippen molar-refractivity contribution in [2.75, 3.05) is 28.6 Å². The molecule has 186 valence electrons. The van der Waals surface area contributed by atoms with Crippen molar-refractivity contribution in [1.82, 2.24) is 15.0 Å². The smallest absolute Gasteiger partial charge is 0.235 e. The van der Waals surface area contributed by atoms with Crippen LogP contribution in [0.4, 0.5) is 21.8 Å². The van der Waals surface area contributed by atoms with Crippen molar-refractivity contribution in [2.24, 2.45) is 0 Å². The number of hydrogen-bond donors (Lipinski definition) is 4. The molecule has 1 amide bonds. The van der Waals surface area contributed by atoms with Gasteiger partial charge in [0.05, 0.1) is 17.1 Å². The predicted octanol–water partition coefficient (Wildman–Crippen LogP) is 3.23. The van der Waals surface area contributed by atoms with Crippen LogP contribution < -0.4 is 15.5 Å². The molecule has 1 aromatic carbocycles. The number of nitrogens with zero attached hydrogens (tertiary/aromatic N) is 4. The number of hydrogen-bond acceptors (Lipinski definition) is 8. The number of halogens is 1. The van der Waals surface area contributed by atoms with E-state index in [0.29, 0.717) is 60.1 Å². The molecule has 4 heterocycles. The molecule has 3 aromatic rings. The molecule has 9 nitrogen and oxygen atoms in total. The fourth-order valence-corrected chi connectivity index (χ4v) is 4.60. The van der Waals surface area contributed by atoms with E-state index in [2.05, 4.69) is 20.6 Å². The van der Waals surface area contributed by atoms with Gasteiger partial charge in [-0.3, -0.25) is 10.2 Å². The third-order valence-corrected chi connectivity index (χ3v) is 6.78. The number of benzene rings is 1. The highest BCUT2D eigenvalue weighted by molar-refractivity contribution is 6.13. The molecule has 0 saturated carbocycles. The van der Waals surface area contributed by atoms with Gasteiger partial charge in [0.25, 0.3) is 0 Å². The SMILES string of the molecule is CC1(C)C(=O)Nc2nc(C(=N)c3cccnc3NCc3ccccc3F)nc(N3CCC(O)CC3)c21. The van der Waals surface area contributed by atoms with Crippen molar-refractivity contribution in [1.29, 1.82) is 5.41 Å². The van der Waals surface area contributed by atoms with Crippen LogP contribution in [0.2, 0.25) is 0 Å². The Morgan fingerprint density at radius 3 is 2.72 bits per heavy atom.